The van der Waals surface area contributed by atoms with Gasteiger partial charge in [0.25, 0.3) is 0 Å². The molecule has 2 rings (SSSR count). The lowest BCUT2D eigenvalue weighted by atomic mass is 9.92. The van der Waals surface area contributed by atoms with Gasteiger partial charge in [0.05, 0.1) is 13.2 Å². The third-order valence-electron chi connectivity index (χ3n) is 6.21. The van der Waals surface area contributed by atoms with Gasteiger partial charge in [-0.1, -0.05) is 76.2 Å². The second kappa shape index (κ2) is 9.84. The first-order valence-corrected chi connectivity index (χ1v) is 13.5. The Hall–Kier alpha value is -2.04. The van der Waals surface area contributed by atoms with Crippen LogP contribution in [0, 0.1) is 5.92 Å². The van der Waals surface area contributed by atoms with Crippen molar-refractivity contribution in [3.63, 3.8) is 0 Å². The van der Waals surface area contributed by atoms with Crippen LogP contribution in [0.5, 0.6) is 11.5 Å². The fourth-order valence-electron chi connectivity index (χ4n) is 2.93. The molecule has 0 N–H and O–H groups in total. The van der Waals surface area contributed by atoms with Gasteiger partial charge in [-0.2, -0.15) is 0 Å². The lowest BCUT2D eigenvalue weighted by Gasteiger charge is -2.41. The average Bonchev–Trinajstić information content (AvgIpc) is 2.69. The zero-order valence-electron chi connectivity index (χ0n) is 19.9. The van der Waals surface area contributed by atoms with Gasteiger partial charge in [0.1, 0.15) is 6.61 Å². The van der Waals surface area contributed by atoms with Crippen LogP contribution in [-0.2, 0) is 11.0 Å². The molecule has 3 nitrogen and oxygen atoms in total. The third-order valence-corrected chi connectivity index (χ3v) is 10.7. The van der Waals surface area contributed by atoms with E-state index >= 15 is 0 Å². The molecule has 2 aromatic rings. The first kappa shape index (κ1) is 24.2. The van der Waals surface area contributed by atoms with Gasteiger partial charge in [-0.15, -0.1) is 0 Å². The Balaban J connectivity index is 2.33. The number of ether oxygens (including phenoxy) is 2. The molecule has 0 aliphatic rings. The van der Waals surface area contributed by atoms with Gasteiger partial charge < -0.3 is 13.9 Å². The second-order valence-corrected chi connectivity index (χ2v) is 14.4. The molecule has 0 saturated carbocycles. The molecule has 0 saturated heterocycles. The second-order valence-electron chi connectivity index (χ2n) is 9.62. The smallest absolute Gasteiger partial charge is 0.192 e. The molecule has 2 aromatic carbocycles. The van der Waals surface area contributed by atoms with Crippen LogP contribution in [0.3, 0.4) is 0 Å². The van der Waals surface area contributed by atoms with Crippen LogP contribution in [0.25, 0.3) is 0 Å². The maximum absolute atomic E-state index is 6.86. The molecule has 0 spiro atoms. The van der Waals surface area contributed by atoms with Crippen molar-refractivity contribution in [2.75, 3.05) is 7.11 Å². The van der Waals surface area contributed by atoms with Crippen LogP contribution in [0.4, 0.5) is 0 Å². The molecular weight excluding hydrogens is 388 g/mol. The molecule has 0 heterocycles. The zero-order valence-corrected chi connectivity index (χ0v) is 20.9. The fourth-order valence-corrected chi connectivity index (χ4v) is 4.26. The van der Waals surface area contributed by atoms with Gasteiger partial charge in [-0.05, 0) is 48.3 Å². The Morgan fingerprint density at radius 2 is 1.67 bits per heavy atom. The monoisotopic (exact) mass is 426 g/mol. The van der Waals surface area contributed by atoms with Gasteiger partial charge in [-0.25, -0.2) is 0 Å². The van der Waals surface area contributed by atoms with E-state index in [9.17, 15) is 0 Å². The van der Waals surface area contributed by atoms with E-state index in [1.54, 1.807) is 7.11 Å². The Labute approximate surface area is 184 Å². The summed E-state index contributed by atoms with van der Waals surface area (Å²) in [5.74, 6) is 1.65. The largest absolute Gasteiger partial charge is 0.493 e. The molecule has 164 valence electrons. The molecule has 0 unspecified atom stereocenters. The molecule has 0 bridgehead atoms. The van der Waals surface area contributed by atoms with Crippen LogP contribution in [-0.4, -0.2) is 15.4 Å². The minimum atomic E-state index is -1.97. The standard InChI is InChI=1S/C26H38O3Si/c1-19(2)20(3)25(29-30(8,9)26(4,5)6)22-15-16-23(24(17-22)27-7)28-18-21-13-11-10-12-14-21/h10-17,20,25H,1,18H2,2-9H3/t20-,25-/m0/s1. The average molecular weight is 427 g/mol. The van der Waals surface area contributed by atoms with E-state index in [4.69, 9.17) is 13.9 Å². The van der Waals surface area contributed by atoms with Gasteiger partial charge in [0.2, 0.25) is 0 Å². The minimum Gasteiger partial charge on any atom is -0.493 e. The Morgan fingerprint density at radius 3 is 2.20 bits per heavy atom. The molecule has 0 amide bonds. The molecule has 30 heavy (non-hydrogen) atoms. The number of hydrogen-bond donors (Lipinski definition) is 0. The van der Waals surface area contributed by atoms with Crippen molar-refractivity contribution >= 4 is 8.32 Å². The van der Waals surface area contributed by atoms with Crippen molar-refractivity contribution < 1.29 is 13.9 Å². The first-order valence-electron chi connectivity index (χ1n) is 10.6. The first-order chi connectivity index (χ1) is 14.0. The van der Waals surface area contributed by atoms with Gasteiger partial charge in [0, 0.05) is 5.92 Å². The van der Waals surface area contributed by atoms with Crippen molar-refractivity contribution in [3.8, 4) is 11.5 Å². The minimum absolute atomic E-state index is 0.0690. The summed E-state index contributed by atoms with van der Waals surface area (Å²) in [6.45, 7) is 20.3. The van der Waals surface area contributed by atoms with E-state index in [2.05, 4.69) is 78.6 Å². The zero-order chi connectivity index (χ0) is 22.5. The molecule has 0 aliphatic heterocycles. The predicted octanol–water partition coefficient (Wildman–Crippen LogP) is 7.55. The maximum Gasteiger partial charge on any atom is 0.192 e. The van der Waals surface area contributed by atoms with Crippen molar-refractivity contribution in [3.05, 3.63) is 71.8 Å². The summed E-state index contributed by atoms with van der Waals surface area (Å²) >= 11 is 0. The number of benzene rings is 2. The molecule has 0 aromatic heterocycles. The van der Waals surface area contributed by atoms with E-state index < -0.39 is 8.32 Å². The third kappa shape index (κ3) is 5.99. The summed E-state index contributed by atoms with van der Waals surface area (Å²) in [5, 5.41) is 0.128. The summed E-state index contributed by atoms with van der Waals surface area (Å²) in [7, 11) is -0.292. The Kier molecular flexibility index (Phi) is 7.95. The number of methoxy groups -OCH3 is 1. The predicted molar refractivity (Wildman–Crippen MR) is 129 cm³/mol. The Morgan fingerprint density at radius 1 is 1.03 bits per heavy atom. The molecule has 0 radical (unpaired) electrons. The number of rotatable bonds is 9. The lowest BCUT2D eigenvalue weighted by molar-refractivity contribution is 0.142. The van der Waals surface area contributed by atoms with E-state index in [1.165, 1.54) is 0 Å². The van der Waals surface area contributed by atoms with Crippen LogP contribution in [0.15, 0.2) is 60.7 Å². The van der Waals surface area contributed by atoms with E-state index in [0.717, 1.165) is 28.2 Å². The van der Waals surface area contributed by atoms with Gasteiger partial charge >= 0.3 is 0 Å². The van der Waals surface area contributed by atoms with Gasteiger partial charge in [0.15, 0.2) is 19.8 Å². The summed E-state index contributed by atoms with van der Waals surface area (Å²) < 4.78 is 18.6. The van der Waals surface area contributed by atoms with Crippen LogP contribution in [0.1, 0.15) is 51.8 Å². The summed E-state index contributed by atoms with van der Waals surface area (Å²) in [4.78, 5) is 0. The summed E-state index contributed by atoms with van der Waals surface area (Å²) in [6, 6.07) is 16.3. The maximum atomic E-state index is 6.86. The van der Waals surface area contributed by atoms with Crippen LogP contribution < -0.4 is 9.47 Å². The van der Waals surface area contributed by atoms with Crippen molar-refractivity contribution in [2.45, 2.75) is 65.5 Å². The molecule has 2 atom stereocenters. The van der Waals surface area contributed by atoms with Crippen LogP contribution in [0.2, 0.25) is 18.1 Å². The quantitative estimate of drug-likeness (QED) is 0.306. The molecule has 4 heteroatoms. The highest BCUT2D eigenvalue weighted by atomic mass is 28.4. The molecule has 0 fully saturated rings. The normalized spacial score (nSPS) is 14.1. The molecular formula is C26H38O3Si. The Bertz CT molecular complexity index is 837. The van der Waals surface area contributed by atoms with E-state index in [0.29, 0.717) is 6.61 Å². The SMILES string of the molecule is C=C(C)[C@H](C)[C@H](O[Si](C)(C)C(C)(C)C)c1ccc(OCc2ccccc2)c(OC)c1. The highest BCUT2D eigenvalue weighted by molar-refractivity contribution is 6.74. The van der Waals surface area contributed by atoms with E-state index in [1.807, 2.05) is 24.3 Å². The lowest BCUT2D eigenvalue weighted by Crippen LogP contribution is -2.43. The van der Waals surface area contributed by atoms with Crippen molar-refractivity contribution in [1.82, 2.24) is 0 Å². The van der Waals surface area contributed by atoms with Crippen molar-refractivity contribution in [2.24, 2.45) is 5.92 Å². The number of hydrogen-bond acceptors (Lipinski definition) is 3. The van der Waals surface area contributed by atoms with Gasteiger partial charge in [-0.3, -0.25) is 0 Å². The van der Waals surface area contributed by atoms with E-state index in [-0.39, 0.29) is 17.1 Å². The van der Waals surface area contributed by atoms with Crippen molar-refractivity contribution in [1.29, 1.82) is 0 Å². The topological polar surface area (TPSA) is 27.7 Å². The highest BCUT2D eigenvalue weighted by Crippen LogP contribution is 2.44. The summed E-state index contributed by atoms with van der Waals surface area (Å²) in [6.07, 6.45) is -0.0690. The molecule has 0 aliphatic carbocycles. The summed E-state index contributed by atoms with van der Waals surface area (Å²) in [5.41, 5.74) is 3.33. The highest BCUT2D eigenvalue weighted by Gasteiger charge is 2.40. The van der Waals surface area contributed by atoms with Crippen LogP contribution >= 0.6 is 0 Å². The fraction of sp³-hybridized carbons (Fsp3) is 0.462.